The average molecular weight is 265 g/mol. The quantitative estimate of drug-likeness (QED) is 0.616. The molecule has 0 aliphatic carbocycles. The molecule has 3 heteroatoms. The van der Waals surface area contributed by atoms with Gasteiger partial charge >= 0.3 is 0 Å². The van der Waals surface area contributed by atoms with Crippen LogP contribution in [-0.2, 0) is 11.4 Å². The van der Waals surface area contributed by atoms with E-state index in [4.69, 9.17) is 0 Å². The lowest BCUT2D eigenvalue weighted by Crippen LogP contribution is -2.34. The van der Waals surface area contributed by atoms with Gasteiger partial charge < -0.3 is 4.55 Å². The van der Waals surface area contributed by atoms with Gasteiger partial charge in [0.15, 0.2) is 0 Å². The largest absolute Gasteiger partial charge is 0.597 e. The van der Waals surface area contributed by atoms with Crippen molar-refractivity contribution in [2.24, 2.45) is 0 Å². The van der Waals surface area contributed by atoms with E-state index in [2.05, 4.69) is 42.4 Å². The molecule has 1 saturated heterocycles. The van der Waals surface area contributed by atoms with Crippen LogP contribution < -0.4 is 0 Å². The van der Waals surface area contributed by atoms with Crippen molar-refractivity contribution >= 4 is 11.4 Å². The predicted molar refractivity (Wildman–Crippen MR) is 77.7 cm³/mol. The first kappa shape index (κ1) is 13.9. The highest BCUT2D eigenvalue weighted by Crippen LogP contribution is 2.49. The molecule has 1 aromatic rings. The van der Waals surface area contributed by atoms with Crippen LogP contribution in [0.3, 0.4) is 0 Å². The van der Waals surface area contributed by atoms with Gasteiger partial charge in [0, 0.05) is 11.4 Å². The monoisotopic (exact) mass is 265 g/mol. The molecule has 2 rings (SSSR count). The van der Waals surface area contributed by atoms with Gasteiger partial charge in [-0.2, -0.15) is 0 Å². The molecule has 1 heterocycles. The van der Waals surface area contributed by atoms with Crippen molar-refractivity contribution in [1.82, 2.24) is 4.31 Å². The highest BCUT2D eigenvalue weighted by molar-refractivity contribution is 7.90. The molecule has 2 unspecified atom stereocenters. The van der Waals surface area contributed by atoms with E-state index in [0.29, 0.717) is 12.1 Å². The number of rotatable bonds is 3. The summed E-state index contributed by atoms with van der Waals surface area (Å²) in [5.41, 5.74) is 2.57. The Morgan fingerprint density at radius 2 is 1.78 bits per heavy atom. The molecule has 18 heavy (non-hydrogen) atoms. The first-order valence-corrected chi connectivity index (χ1v) is 7.74. The van der Waals surface area contributed by atoms with E-state index < -0.39 is 11.4 Å². The number of aryl methyl sites for hydroxylation is 1. The summed E-state index contributed by atoms with van der Waals surface area (Å²) in [7, 11) is 0. The van der Waals surface area contributed by atoms with E-state index in [1.807, 2.05) is 20.8 Å². The molecule has 1 fully saturated rings. The van der Waals surface area contributed by atoms with Crippen molar-refractivity contribution in [3.63, 3.8) is 0 Å². The van der Waals surface area contributed by atoms with Gasteiger partial charge in [0.2, 0.25) is 0 Å². The first-order valence-electron chi connectivity index (χ1n) is 6.63. The van der Waals surface area contributed by atoms with Gasteiger partial charge in [0.1, 0.15) is 10.8 Å². The molecular weight excluding hydrogens is 242 g/mol. The lowest BCUT2D eigenvalue weighted by atomic mass is 10.1. The van der Waals surface area contributed by atoms with E-state index in [1.54, 1.807) is 0 Å². The van der Waals surface area contributed by atoms with Crippen molar-refractivity contribution in [1.29, 1.82) is 0 Å². The normalized spacial score (nSPS) is 29.1. The van der Waals surface area contributed by atoms with E-state index in [0.717, 1.165) is 6.42 Å². The molecular formula is C15H23NOS. The van der Waals surface area contributed by atoms with Crippen molar-refractivity contribution in [2.45, 2.75) is 57.9 Å². The molecule has 4 atom stereocenters. The molecule has 0 saturated carbocycles. The Kier molecular flexibility index (Phi) is 3.77. The van der Waals surface area contributed by atoms with Crippen molar-refractivity contribution in [3.05, 3.63) is 35.4 Å². The minimum absolute atomic E-state index is 0.174. The fourth-order valence-electron chi connectivity index (χ4n) is 2.34. The summed E-state index contributed by atoms with van der Waals surface area (Å²) in [6, 6.07) is 9.39. The van der Waals surface area contributed by atoms with E-state index in [-0.39, 0.29) is 4.75 Å². The summed E-state index contributed by atoms with van der Waals surface area (Å²) in [5.74, 6) is 0. The first-order chi connectivity index (χ1) is 8.36. The van der Waals surface area contributed by atoms with Crippen LogP contribution in [0.4, 0.5) is 0 Å². The summed E-state index contributed by atoms with van der Waals surface area (Å²) in [5, 5.41) is 0. The van der Waals surface area contributed by atoms with Crippen LogP contribution in [0.25, 0.3) is 0 Å². The lowest BCUT2D eigenvalue weighted by Gasteiger charge is -2.24. The van der Waals surface area contributed by atoms with Gasteiger partial charge in [-0.1, -0.05) is 36.8 Å². The second-order valence-corrected chi connectivity index (χ2v) is 8.20. The second-order valence-electron chi connectivity index (χ2n) is 6.05. The molecule has 0 spiro atoms. The smallest absolute Gasteiger partial charge is 0.137 e. The minimum atomic E-state index is -0.910. The van der Waals surface area contributed by atoms with Crippen LogP contribution in [0.5, 0.6) is 0 Å². The third-order valence-corrected chi connectivity index (χ3v) is 5.36. The highest BCUT2D eigenvalue weighted by Gasteiger charge is 2.58. The third kappa shape index (κ3) is 2.58. The number of nitrogens with zero attached hydrogens (tertiary/aromatic N) is 1. The van der Waals surface area contributed by atoms with Crippen LogP contribution in [0.2, 0.25) is 0 Å². The SMILES string of the molecule is CC[C@@H]1[C@H](c2ccc(C)cc2)N1[S+]([O-])C(C)(C)C. The van der Waals surface area contributed by atoms with Crippen molar-refractivity contribution in [2.75, 3.05) is 0 Å². The fourth-order valence-corrected chi connectivity index (χ4v) is 3.89. The molecule has 0 radical (unpaired) electrons. The fraction of sp³-hybridized carbons (Fsp3) is 0.600. The number of hydrogen-bond acceptors (Lipinski definition) is 2. The molecule has 0 bridgehead atoms. The van der Waals surface area contributed by atoms with Crippen LogP contribution in [-0.4, -0.2) is 19.6 Å². The lowest BCUT2D eigenvalue weighted by molar-refractivity contribution is 0.508. The molecule has 1 aromatic carbocycles. The molecule has 1 aliphatic rings. The Bertz CT molecular complexity index is 409. The van der Waals surface area contributed by atoms with E-state index >= 15 is 0 Å². The summed E-state index contributed by atoms with van der Waals surface area (Å²) in [6.45, 7) is 10.4. The van der Waals surface area contributed by atoms with Crippen molar-refractivity contribution < 1.29 is 4.55 Å². The van der Waals surface area contributed by atoms with Crippen LogP contribution in [0.15, 0.2) is 24.3 Å². The Morgan fingerprint density at radius 3 is 2.22 bits per heavy atom. The third-order valence-electron chi connectivity index (χ3n) is 3.43. The van der Waals surface area contributed by atoms with Crippen LogP contribution in [0.1, 0.15) is 51.3 Å². The zero-order chi connectivity index (χ0) is 13.5. The van der Waals surface area contributed by atoms with Gasteiger partial charge in [-0.15, -0.1) is 4.31 Å². The zero-order valence-electron chi connectivity index (χ0n) is 11.9. The van der Waals surface area contributed by atoms with Crippen LogP contribution >= 0.6 is 0 Å². The van der Waals surface area contributed by atoms with Gasteiger partial charge in [-0.3, -0.25) is 0 Å². The Balaban J connectivity index is 2.17. The summed E-state index contributed by atoms with van der Waals surface area (Å²) >= 11 is -0.910. The molecule has 0 N–H and O–H groups in total. The number of hydrogen-bond donors (Lipinski definition) is 0. The van der Waals surface area contributed by atoms with Gasteiger partial charge in [-0.05, 0) is 39.7 Å². The average Bonchev–Trinajstić information content (AvgIpc) is 3.01. The maximum absolute atomic E-state index is 12.5. The molecule has 0 amide bonds. The molecule has 0 aromatic heterocycles. The molecule has 2 nitrogen and oxygen atoms in total. The Hall–Kier alpha value is -0.510. The molecule has 100 valence electrons. The maximum Gasteiger partial charge on any atom is 0.137 e. The van der Waals surface area contributed by atoms with Crippen LogP contribution in [0, 0.1) is 6.92 Å². The highest BCUT2D eigenvalue weighted by atomic mass is 32.2. The minimum Gasteiger partial charge on any atom is -0.597 e. The predicted octanol–water partition coefficient (Wildman–Crippen LogP) is 3.59. The van der Waals surface area contributed by atoms with Crippen molar-refractivity contribution in [3.8, 4) is 0 Å². The Labute approximate surface area is 114 Å². The van der Waals surface area contributed by atoms with Gasteiger partial charge in [0.05, 0.1) is 6.04 Å². The second kappa shape index (κ2) is 4.87. The summed E-state index contributed by atoms with van der Waals surface area (Å²) < 4.78 is 14.5. The summed E-state index contributed by atoms with van der Waals surface area (Å²) in [6.07, 6.45) is 1.06. The topological polar surface area (TPSA) is 26.1 Å². The van der Waals surface area contributed by atoms with Gasteiger partial charge in [-0.25, -0.2) is 0 Å². The maximum atomic E-state index is 12.5. The van der Waals surface area contributed by atoms with E-state index in [9.17, 15) is 4.55 Å². The zero-order valence-corrected chi connectivity index (χ0v) is 12.8. The molecule has 1 aliphatic heterocycles. The standard InChI is InChI=1S/C15H23NOS/c1-6-13-14(12-9-7-11(2)8-10-12)16(13)18(17)15(3,4)5/h7-10,13-14H,6H2,1-5H3/t13-,14+,16?,18?/m1/s1. The number of benzene rings is 1. The van der Waals surface area contributed by atoms with Gasteiger partial charge in [0.25, 0.3) is 0 Å². The summed E-state index contributed by atoms with van der Waals surface area (Å²) in [4.78, 5) is 0. The Morgan fingerprint density at radius 1 is 1.22 bits per heavy atom. The van der Waals surface area contributed by atoms with E-state index in [1.165, 1.54) is 11.1 Å².